The Morgan fingerprint density at radius 1 is 1.11 bits per heavy atom. The second-order valence-corrected chi connectivity index (χ2v) is 11.4. The molecule has 3 heteroatoms. The van der Waals surface area contributed by atoms with Crippen molar-refractivity contribution >= 4 is 17.2 Å². The number of thiocarbonyl (C=S) groups is 1. The van der Waals surface area contributed by atoms with E-state index >= 15 is 0 Å². The van der Waals surface area contributed by atoms with E-state index in [2.05, 4.69) is 55.7 Å². The van der Waals surface area contributed by atoms with Crippen LogP contribution >= 0.6 is 12.2 Å². The van der Waals surface area contributed by atoms with E-state index in [1.54, 1.807) is 0 Å². The molecule has 3 atom stereocenters. The summed E-state index contributed by atoms with van der Waals surface area (Å²) in [5.74, 6) is 1.28. The number of rotatable bonds is 2. The first kappa shape index (κ1) is 18.8. The van der Waals surface area contributed by atoms with E-state index in [0.717, 1.165) is 19.5 Å². The Labute approximate surface area is 175 Å². The molecule has 5 fully saturated rings. The topological polar surface area (TPSA) is 29.3 Å². The van der Waals surface area contributed by atoms with Crippen LogP contribution < -0.4 is 5.73 Å². The molecule has 1 aromatic carbocycles. The van der Waals surface area contributed by atoms with Crippen LogP contribution in [-0.4, -0.2) is 29.0 Å². The molecule has 2 N–H and O–H groups in total. The van der Waals surface area contributed by atoms with Gasteiger partial charge in [-0.05, 0) is 66.8 Å². The van der Waals surface area contributed by atoms with Crippen molar-refractivity contribution in [3.05, 3.63) is 48.0 Å². The van der Waals surface area contributed by atoms with Crippen molar-refractivity contribution in [1.29, 1.82) is 0 Å². The average molecular weight is 395 g/mol. The minimum Gasteiger partial charge on any atom is -0.365 e. The Morgan fingerprint density at radius 2 is 1.75 bits per heavy atom. The first-order valence-electron chi connectivity index (χ1n) is 11.0. The molecule has 1 saturated heterocycles. The van der Waals surface area contributed by atoms with Gasteiger partial charge >= 0.3 is 0 Å². The Kier molecular flexibility index (Phi) is 4.13. The third-order valence-corrected chi connectivity index (χ3v) is 9.40. The summed E-state index contributed by atoms with van der Waals surface area (Å²) in [6.45, 7) is 11.2. The molecule has 2 nitrogen and oxygen atoms in total. The molecule has 0 spiro atoms. The van der Waals surface area contributed by atoms with Crippen molar-refractivity contribution in [2.75, 3.05) is 13.1 Å². The highest BCUT2D eigenvalue weighted by Gasteiger charge is 2.61. The van der Waals surface area contributed by atoms with Gasteiger partial charge in [0.2, 0.25) is 0 Å². The van der Waals surface area contributed by atoms with Gasteiger partial charge in [0.05, 0.1) is 4.99 Å². The second kappa shape index (κ2) is 6.15. The number of allylic oxidation sites excluding steroid dienone is 1. The van der Waals surface area contributed by atoms with Gasteiger partial charge in [-0.25, -0.2) is 0 Å². The number of piperidine rings is 1. The molecule has 1 aliphatic heterocycles. The van der Waals surface area contributed by atoms with E-state index in [0.29, 0.717) is 17.3 Å². The van der Waals surface area contributed by atoms with Crippen molar-refractivity contribution < 1.29 is 0 Å². The zero-order valence-corrected chi connectivity index (χ0v) is 18.2. The van der Waals surface area contributed by atoms with Crippen LogP contribution in [0.1, 0.15) is 57.9 Å². The zero-order chi connectivity index (χ0) is 19.7. The van der Waals surface area contributed by atoms with Crippen molar-refractivity contribution in [3.63, 3.8) is 0 Å². The van der Waals surface area contributed by atoms with Crippen LogP contribution in [-0.2, 0) is 5.41 Å². The molecular formula is C25H34N2S. The van der Waals surface area contributed by atoms with Crippen LogP contribution in [0.25, 0.3) is 0 Å². The van der Waals surface area contributed by atoms with Gasteiger partial charge in [0.25, 0.3) is 0 Å². The molecule has 1 aromatic rings. The fourth-order valence-electron chi connectivity index (χ4n) is 7.25. The molecule has 4 saturated carbocycles. The zero-order valence-electron chi connectivity index (χ0n) is 17.4. The summed E-state index contributed by atoms with van der Waals surface area (Å²) in [6.07, 6.45) is 7.26. The molecule has 0 amide bonds. The van der Waals surface area contributed by atoms with Gasteiger partial charge in [-0.1, -0.05) is 68.5 Å². The molecule has 0 radical (unpaired) electrons. The Balaban J connectivity index is 1.50. The van der Waals surface area contributed by atoms with Gasteiger partial charge in [0, 0.05) is 24.5 Å². The maximum Gasteiger partial charge on any atom is 0.0842 e. The fraction of sp³-hybridized carbons (Fsp3) is 0.640. The lowest BCUT2D eigenvalue weighted by atomic mass is 9.41. The van der Waals surface area contributed by atoms with Gasteiger partial charge in [-0.3, -0.25) is 0 Å². The van der Waals surface area contributed by atoms with E-state index in [1.165, 1.54) is 48.2 Å². The molecule has 1 heterocycles. The molecule has 2 unspecified atom stereocenters. The van der Waals surface area contributed by atoms with Crippen LogP contribution in [0.2, 0.25) is 0 Å². The van der Waals surface area contributed by atoms with Crippen molar-refractivity contribution in [1.82, 2.24) is 4.90 Å². The van der Waals surface area contributed by atoms with Crippen LogP contribution in [0.3, 0.4) is 0 Å². The lowest BCUT2D eigenvalue weighted by molar-refractivity contribution is -0.00132. The monoisotopic (exact) mass is 394 g/mol. The Bertz CT molecular complexity index is 793. The van der Waals surface area contributed by atoms with Gasteiger partial charge < -0.3 is 10.6 Å². The average Bonchev–Trinajstić information content (AvgIpc) is 2.67. The third-order valence-electron chi connectivity index (χ3n) is 8.71. The van der Waals surface area contributed by atoms with Crippen molar-refractivity contribution in [3.8, 4) is 0 Å². The van der Waals surface area contributed by atoms with Crippen molar-refractivity contribution in [2.45, 2.75) is 63.8 Å². The summed E-state index contributed by atoms with van der Waals surface area (Å²) in [5, 5.41) is 0. The van der Waals surface area contributed by atoms with E-state index in [-0.39, 0.29) is 16.9 Å². The molecule has 28 heavy (non-hydrogen) atoms. The van der Waals surface area contributed by atoms with E-state index in [4.69, 9.17) is 18.0 Å². The van der Waals surface area contributed by atoms with Crippen LogP contribution in [0, 0.1) is 22.7 Å². The number of nitrogens with two attached hydrogens (primary N) is 1. The molecule has 4 bridgehead atoms. The van der Waals surface area contributed by atoms with E-state index in [9.17, 15) is 0 Å². The molecular weight excluding hydrogens is 360 g/mol. The number of hydrogen-bond donors (Lipinski definition) is 1. The predicted octanol–water partition coefficient (Wildman–Crippen LogP) is 5.08. The van der Waals surface area contributed by atoms with Crippen LogP contribution in [0.5, 0.6) is 0 Å². The normalized spacial score (nSPS) is 41.3. The quantitative estimate of drug-likeness (QED) is 0.560. The molecule has 6 rings (SSSR count). The number of likely N-dealkylation sites (tertiary alicyclic amines) is 1. The summed E-state index contributed by atoms with van der Waals surface area (Å²) >= 11 is 6.30. The number of nitrogens with zero attached hydrogens (tertiary/aromatic N) is 1. The van der Waals surface area contributed by atoms with Gasteiger partial charge in [-0.2, -0.15) is 0 Å². The van der Waals surface area contributed by atoms with Crippen LogP contribution in [0.4, 0.5) is 0 Å². The highest BCUT2D eigenvalue weighted by atomic mass is 32.1. The molecule has 4 aliphatic carbocycles. The summed E-state index contributed by atoms with van der Waals surface area (Å²) < 4.78 is 0. The largest absolute Gasteiger partial charge is 0.365 e. The lowest BCUT2D eigenvalue weighted by Crippen LogP contribution is -2.62. The summed E-state index contributed by atoms with van der Waals surface area (Å²) in [4.78, 5) is 3.78. The first-order chi connectivity index (χ1) is 13.2. The van der Waals surface area contributed by atoms with Gasteiger partial charge in [0.1, 0.15) is 0 Å². The standard InChI is InChI=1S/C25H34N2S/c1-17-18-11-24(20-7-5-4-6-8-20)12-19(17)14-25(13-18,15-24)22(28)27-10-9-21(26)23(2,3)16-27/h4-8,18-19,21H,1,9-16,26H2,2-3H3/t18?,19?,21-,24?,25?/m0/s1. The SMILES string of the molecule is C=C1C2CC3(C(=S)N4CC[C@H](N)C(C)(C)C4)CC1CC(c1ccccc1)(C2)C3. The summed E-state index contributed by atoms with van der Waals surface area (Å²) in [7, 11) is 0. The second-order valence-electron chi connectivity index (χ2n) is 11.0. The Hall–Kier alpha value is -1.19. The molecule has 0 aromatic heterocycles. The number of benzene rings is 1. The maximum absolute atomic E-state index is 6.41. The van der Waals surface area contributed by atoms with Gasteiger partial charge in [-0.15, -0.1) is 0 Å². The summed E-state index contributed by atoms with van der Waals surface area (Å²) in [5.41, 5.74) is 10.1. The van der Waals surface area contributed by atoms with E-state index in [1.807, 2.05) is 0 Å². The lowest BCUT2D eigenvalue weighted by Gasteiger charge is -2.64. The first-order valence-corrected chi connectivity index (χ1v) is 11.4. The predicted molar refractivity (Wildman–Crippen MR) is 120 cm³/mol. The van der Waals surface area contributed by atoms with Crippen molar-refractivity contribution in [2.24, 2.45) is 28.4 Å². The molecule has 150 valence electrons. The van der Waals surface area contributed by atoms with E-state index < -0.39 is 0 Å². The minimum atomic E-state index is 0.130. The van der Waals surface area contributed by atoms with Crippen LogP contribution in [0.15, 0.2) is 42.5 Å². The Morgan fingerprint density at radius 3 is 2.36 bits per heavy atom. The highest BCUT2D eigenvalue weighted by molar-refractivity contribution is 7.80. The van der Waals surface area contributed by atoms with Gasteiger partial charge in [0.15, 0.2) is 0 Å². The maximum atomic E-state index is 6.41. The summed E-state index contributed by atoms with van der Waals surface area (Å²) in [6, 6.07) is 11.6. The number of hydrogen-bond acceptors (Lipinski definition) is 2. The highest BCUT2D eigenvalue weighted by Crippen LogP contribution is 2.67. The molecule has 5 aliphatic rings. The minimum absolute atomic E-state index is 0.130. The smallest absolute Gasteiger partial charge is 0.0842 e. The fourth-order valence-corrected chi connectivity index (χ4v) is 7.65. The third kappa shape index (κ3) is 2.65.